The number of nitrogens with one attached hydrogen (secondary N) is 2. The molecule has 0 atom stereocenters. The standard InChI is InChI=1S/C18H17N3O5S/c22-17(19-13-6-7-16-15(11-13)20-18(23)26-16)12-4-3-5-14(10-12)27(24,25)21-8-1-2-9-21/h3-7,10-11H,1-2,8-9H2,(H,19,22)(H,20,23). The summed E-state index contributed by atoms with van der Waals surface area (Å²) >= 11 is 0. The maximum absolute atomic E-state index is 12.7. The van der Waals surface area contributed by atoms with E-state index < -0.39 is 21.7 Å². The van der Waals surface area contributed by atoms with E-state index in [9.17, 15) is 18.0 Å². The van der Waals surface area contributed by atoms with Gasteiger partial charge < -0.3 is 9.73 Å². The largest absolute Gasteiger partial charge is 0.417 e. The van der Waals surface area contributed by atoms with Crippen molar-refractivity contribution in [2.24, 2.45) is 0 Å². The fourth-order valence-corrected chi connectivity index (χ4v) is 4.67. The summed E-state index contributed by atoms with van der Waals surface area (Å²) in [4.78, 5) is 26.4. The van der Waals surface area contributed by atoms with Crippen LogP contribution in [0.25, 0.3) is 11.1 Å². The molecule has 0 bridgehead atoms. The highest BCUT2D eigenvalue weighted by atomic mass is 32.2. The van der Waals surface area contributed by atoms with Crippen LogP contribution >= 0.6 is 0 Å². The van der Waals surface area contributed by atoms with Crippen LogP contribution in [0.1, 0.15) is 23.2 Å². The Balaban J connectivity index is 1.59. The van der Waals surface area contributed by atoms with Gasteiger partial charge in [0.25, 0.3) is 5.91 Å². The molecule has 4 rings (SSSR count). The highest BCUT2D eigenvalue weighted by molar-refractivity contribution is 7.89. The highest BCUT2D eigenvalue weighted by Gasteiger charge is 2.27. The predicted molar refractivity (Wildman–Crippen MR) is 99.2 cm³/mol. The van der Waals surface area contributed by atoms with Gasteiger partial charge in [-0.05, 0) is 49.2 Å². The molecule has 0 saturated carbocycles. The number of nitrogens with zero attached hydrogens (tertiary/aromatic N) is 1. The zero-order chi connectivity index (χ0) is 19.0. The molecule has 1 aliphatic rings. The van der Waals surface area contributed by atoms with Crippen molar-refractivity contribution in [3.63, 3.8) is 0 Å². The molecule has 0 aliphatic carbocycles. The van der Waals surface area contributed by atoms with Crippen LogP contribution in [-0.2, 0) is 10.0 Å². The number of sulfonamides is 1. The number of amides is 1. The van der Waals surface area contributed by atoms with Crippen LogP contribution in [0.15, 0.2) is 56.6 Å². The van der Waals surface area contributed by atoms with E-state index in [0.717, 1.165) is 12.8 Å². The van der Waals surface area contributed by atoms with Gasteiger partial charge in [0.05, 0.1) is 10.4 Å². The Hall–Kier alpha value is -2.91. The van der Waals surface area contributed by atoms with E-state index in [2.05, 4.69) is 10.3 Å². The summed E-state index contributed by atoms with van der Waals surface area (Å²) in [7, 11) is -3.59. The summed E-state index contributed by atoms with van der Waals surface area (Å²) in [6, 6.07) is 10.7. The predicted octanol–water partition coefficient (Wildman–Crippen LogP) is 2.16. The Kier molecular flexibility index (Phi) is 4.33. The summed E-state index contributed by atoms with van der Waals surface area (Å²) in [5.41, 5.74) is 1.54. The van der Waals surface area contributed by atoms with Gasteiger partial charge in [-0.25, -0.2) is 13.2 Å². The first-order valence-electron chi connectivity index (χ1n) is 8.48. The first-order chi connectivity index (χ1) is 12.9. The van der Waals surface area contributed by atoms with E-state index in [1.165, 1.54) is 16.4 Å². The van der Waals surface area contributed by atoms with Gasteiger partial charge in [0.2, 0.25) is 10.0 Å². The van der Waals surface area contributed by atoms with Gasteiger partial charge in [0.1, 0.15) is 0 Å². The lowest BCUT2D eigenvalue weighted by Gasteiger charge is -2.16. The molecule has 8 nitrogen and oxygen atoms in total. The average molecular weight is 387 g/mol. The third-order valence-electron chi connectivity index (χ3n) is 4.48. The molecule has 2 heterocycles. The van der Waals surface area contributed by atoms with Crippen LogP contribution in [0.3, 0.4) is 0 Å². The number of benzene rings is 2. The van der Waals surface area contributed by atoms with Crippen molar-refractivity contribution in [3.8, 4) is 0 Å². The fourth-order valence-electron chi connectivity index (χ4n) is 3.11. The van der Waals surface area contributed by atoms with E-state index in [4.69, 9.17) is 4.42 Å². The van der Waals surface area contributed by atoms with Crippen molar-refractivity contribution in [1.29, 1.82) is 0 Å². The average Bonchev–Trinajstić information content (AvgIpc) is 3.30. The zero-order valence-corrected chi connectivity index (χ0v) is 15.1. The number of fused-ring (bicyclic) bond motifs is 1. The minimum atomic E-state index is -3.59. The maximum atomic E-state index is 12.7. The Bertz CT molecular complexity index is 1170. The van der Waals surface area contributed by atoms with E-state index in [-0.39, 0.29) is 10.5 Å². The molecule has 1 aliphatic heterocycles. The second-order valence-corrected chi connectivity index (χ2v) is 8.26. The summed E-state index contributed by atoms with van der Waals surface area (Å²) < 4.78 is 31.7. The SMILES string of the molecule is O=C(Nc1ccc2oc(=O)[nH]c2c1)c1cccc(S(=O)(=O)N2CCCC2)c1. The van der Waals surface area contributed by atoms with Gasteiger partial charge in [0, 0.05) is 24.3 Å². The van der Waals surface area contributed by atoms with Gasteiger partial charge in [0.15, 0.2) is 5.58 Å². The lowest BCUT2D eigenvalue weighted by Crippen LogP contribution is -2.28. The fraction of sp³-hybridized carbons (Fsp3) is 0.222. The Morgan fingerprint density at radius 1 is 1.11 bits per heavy atom. The molecular weight excluding hydrogens is 370 g/mol. The molecule has 1 aromatic heterocycles. The first kappa shape index (κ1) is 17.5. The number of rotatable bonds is 4. The normalized spacial score (nSPS) is 15.3. The molecule has 9 heteroatoms. The summed E-state index contributed by atoms with van der Waals surface area (Å²) in [6.07, 6.45) is 1.69. The minimum absolute atomic E-state index is 0.103. The molecule has 0 radical (unpaired) electrons. The van der Waals surface area contributed by atoms with E-state index in [0.29, 0.717) is 29.9 Å². The second-order valence-electron chi connectivity index (χ2n) is 6.32. The zero-order valence-electron chi connectivity index (χ0n) is 14.3. The summed E-state index contributed by atoms with van der Waals surface area (Å²) in [5, 5.41) is 2.70. The quantitative estimate of drug-likeness (QED) is 0.712. The van der Waals surface area contributed by atoms with Crippen molar-refractivity contribution in [2.75, 3.05) is 18.4 Å². The van der Waals surface area contributed by atoms with Gasteiger partial charge in [-0.15, -0.1) is 0 Å². The van der Waals surface area contributed by atoms with Gasteiger partial charge >= 0.3 is 5.76 Å². The van der Waals surface area contributed by atoms with Crippen LogP contribution in [0.2, 0.25) is 0 Å². The number of anilines is 1. The lowest BCUT2D eigenvalue weighted by atomic mass is 10.2. The van der Waals surface area contributed by atoms with Crippen LogP contribution in [0.5, 0.6) is 0 Å². The molecule has 0 spiro atoms. The molecule has 2 aromatic carbocycles. The number of carbonyl (C=O) groups is 1. The highest BCUT2D eigenvalue weighted by Crippen LogP contribution is 2.22. The third kappa shape index (κ3) is 3.38. The smallest absolute Gasteiger partial charge is 0.408 e. The monoisotopic (exact) mass is 387 g/mol. The number of carbonyl (C=O) groups excluding carboxylic acids is 1. The number of oxazole rings is 1. The topological polar surface area (TPSA) is 112 Å². The molecule has 1 amide bonds. The number of aromatic nitrogens is 1. The number of hydrogen-bond donors (Lipinski definition) is 2. The van der Waals surface area contributed by atoms with Gasteiger partial charge in [-0.2, -0.15) is 4.31 Å². The van der Waals surface area contributed by atoms with Crippen molar-refractivity contribution in [1.82, 2.24) is 9.29 Å². The third-order valence-corrected chi connectivity index (χ3v) is 6.37. The van der Waals surface area contributed by atoms with Gasteiger partial charge in [-0.3, -0.25) is 9.78 Å². The summed E-state index contributed by atoms with van der Waals surface area (Å²) in [6.45, 7) is 1.00. The molecule has 1 fully saturated rings. The van der Waals surface area contributed by atoms with Crippen LogP contribution in [-0.4, -0.2) is 36.7 Å². The summed E-state index contributed by atoms with van der Waals surface area (Å²) in [5.74, 6) is -1.02. The van der Waals surface area contributed by atoms with Gasteiger partial charge in [-0.1, -0.05) is 6.07 Å². The molecule has 140 valence electrons. The molecule has 3 aromatic rings. The van der Waals surface area contributed by atoms with Crippen molar-refractivity contribution in [3.05, 3.63) is 58.6 Å². The number of hydrogen-bond acceptors (Lipinski definition) is 5. The molecule has 0 unspecified atom stereocenters. The van der Waals surface area contributed by atoms with Crippen LogP contribution in [0.4, 0.5) is 5.69 Å². The number of H-pyrrole nitrogens is 1. The van der Waals surface area contributed by atoms with Crippen molar-refractivity contribution >= 4 is 32.7 Å². The minimum Gasteiger partial charge on any atom is -0.408 e. The van der Waals surface area contributed by atoms with Crippen molar-refractivity contribution in [2.45, 2.75) is 17.7 Å². The molecule has 2 N–H and O–H groups in total. The lowest BCUT2D eigenvalue weighted by molar-refractivity contribution is 0.102. The maximum Gasteiger partial charge on any atom is 0.417 e. The number of aromatic amines is 1. The first-order valence-corrected chi connectivity index (χ1v) is 9.92. The van der Waals surface area contributed by atoms with E-state index in [1.807, 2.05) is 0 Å². The molecular formula is C18H17N3O5S. The van der Waals surface area contributed by atoms with E-state index in [1.54, 1.807) is 30.3 Å². The Labute approximate surface area is 154 Å². The Morgan fingerprint density at radius 3 is 2.67 bits per heavy atom. The molecule has 27 heavy (non-hydrogen) atoms. The molecule has 1 saturated heterocycles. The Morgan fingerprint density at radius 2 is 1.89 bits per heavy atom. The van der Waals surface area contributed by atoms with Crippen LogP contribution < -0.4 is 11.1 Å². The van der Waals surface area contributed by atoms with Crippen molar-refractivity contribution < 1.29 is 17.6 Å². The second kappa shape index (κ2) is 6.67. The van der Waals surface area contributed by atoms with Crippen LogP contribution in [0, 0.1) is 0 Å². The van der Waals surface area contributed by atoms with E-state index >= 15 is 0 Å².